The summed E-state index contributed by atoms with van der Waals surface area (Å²) >= 11 is 0. The third-order valence-corrected chi connectivity index (χ3v) is 7.02. The van der Waals surface area contributed by atoms with E-state index < -0.39 is 6.04 Å². The highest BCUT2D eigenvalue weighted by Crippen LogP contribution is 2.30. The number of benzene rings is 3. The number of hydrogen-bond donors (Lipinski definition) is 1. The summed E-state index contributed by atoms with van der Waals surface area (Å²) in [6, 6.07) is 20.3. The van der Waals surface area contributed by atoms with E-state index in [1.807, 2.05) is 37.3 Å². The van der Waals surface area contributed by atoms with Crippen molar-refractivity contribution >= 4 is 23.2 Å². The maximum atomic E-state index is 14.0. The van der Waals surface area contributed by atoms with E-state index in [0.717, 1.165) is 42.4 Å². The number of amides is 2. The van der Waals surface area contributed by atoms with Gasteiger partial charge in [-0.15, -0.1) is 0 Å². The number of halogens is 1. The number of rotatable bonds is 5. The Bertz CT molecular complexity index is 1280. The Labute approximate surface area is 211 Å². The summed E-state index contributed by atoms with van der Waals surface area (Å²) in [5, 5.41) is 3.23. The van der Waals surface area contributed by atoms with E-state index in [1.54, 1.807) is 35.2 Å². The van der Waals surface area contributed by atoms with Gasteiger partial charge in [0.2, 0.25) is 5.91 Å². The van der Waals surface area contributed by atoms with Crippen LogP contribution >= 0.6 is 0 Å². The second-order valence-corrected chi connectivity index (χ2v) is 9.69. The van der Waals surface area contributed by atoms with Crippen molar-refractivity contribution < 1.29 is 14.0 Å². The van der Waals surface area contributed by atoms with Crippen molar-refractivity contribution in [3.8, 4) is 0 Å². The molecule has 0 aromatic heterocycles. The van der Waals surface area contributed by atoms with Gasteiger partial charge >= 0.3 is 0 Å². The number of aryl methyl sites for hydroxylation is 1. The number of fused-ring (bicyclic) bond motifs is 1. The van der Waals surface area contributed by atoms with Crippen molar-refractivity contribution in [2.45, 2.75) is 57.7 Å². The van der Waals surface area contributed by atoms with Crippen LogP contribution in [0.1, 0.15) is 59.2 Å². The SMILES string of the molecule is Cc1ccc(C2=Nc3ccccc3C(=O)N(Cc3ccc(F)cc3)C2C(=O)NC2CCCCC2)cc1. The maximum absolute atomic E-state index is 14.0. The average molecular weight is 484 g/mol. The fourth-order valence-electron chi connectivity index (χ4n) is 5.05. The molecule has 6 heteroatoms. The van der Waals surface area contributed by atoms with E-state index >= 15 is 0 Å². The predicted octanol–water partition coefficient (Wildman–Crippen LogP) is 5.73. The fraction of sp³-hybridized carbons (Fsp3) is 0.300. The molecule has 2 amide bonds. The first kappa shape index (κ1) is 23.9. The van der Waals surface area contributed by atoms with Crippen molar-refractivity contribution in [2.24, 2.45) is 4.99 Å². The molecular formula is C30H30FN3O2. The Morgan fingerprint density at radius 3 is 2.39 bits per heavy atom. The molecule has 1 fully saturated rings. The molecule has 1 aliphatic heterocycles. The van der Waals surface area contributed by atoms with Gasteiger partial charge in [-0.25, -0.2) is 9.38 Å². The Balaban J connectivity index is 1.62. The first-order valence-corrected chi connectivity index (χ1v) is 12.6. The van der Waals surface area contributed by atoms with Crippen LogP contribution in [0.15, 0.2) is 77.8 Å². The summed E-state index contributed by atoms with van der Waals surface area (Å²) in [6.45, 7) is 2.16. The molecule has 0 bridgehead atoms. The molecular weight excluding hydrogens is 453 g/mol. The highest BCUT2D eigenvalue weighted by Gasteiger charge is 2.39. The molecule has 0 radical (unpaired) electrons. The number of carbonyl (C=O) groups excluding carboxylic acids is 2. The molecule has 3 aromatic rings. The molecule has 1 unspecified atom stereocenters. The number of nitrogens with one attached hydrogen (secondary N) is 1. The van der Waals surface area contributed by atoms with Crippen LogP contribution in [-0.4, -0.2) is 34.5 Å². The molecule has 184 valence electrons. The van der Waals surface area contributed by atoms with E-state index in [0.29, 0.717) is 17.0 Å². The van der Waals surface area contributed by atoms with Gasteiger partial charge in [0.15, 0.2) is 6.04 Å². The minimum absolute atomic E-state index is 0.0823. The Hall–Kier alpha value is -3.80. The number of hydrogen-bond acceptors (Lipinski definition) is 3. The highest BCUT2D eigenvalue weighted by atomic mass is 19.1. The molecule has 1 heterocycles. The van der Waals surface area contributed by atoms with E-state index in [4.69, 9.17) is 4.99 Å². The monoisotopic (exact) mass is 483 g/mol. The van der Waals surface area contributed by atoms with Gasteiger partial charge in [-0.2, -0.15) is 0 Å². The molecule has 1 saturated carbocycles. The van der Waals surface area contributed by atoms with Crippen molar-refractivity contribution in [3.63, 3.8) is 0 Å². The zero-order valence-electron chi connectivity index (χ0n) is 20.4. The van der Waals surface area contributed by atoms with Crippen LogP contribution in [0.3, 0.4) is 0 Å². The summed E-state index contributed by atoms with van der Waals surface area (Å²) in [5.41, 5.74) is 4.13. The van der Waals surface area contributed by atoms with E-state index in [1.165, 1.54) is 18.6 Å². The van der Waals surface area contributed by atoms with Crippen LogP contribution in [0.25, 0.3) is 0 Å². The van der Waals surface area contributed by atoms with Gasteiger partial charge in [-0.05, 0) is 55.2 Å². The number of aliphatic imine (C=N–C) groups is 1. The third-order valence-electron chi connectivity index (χ3n) is 7.02. The van der Waals surface area contributed by atoms with Crippen LogP contribution in [-0.2, 0) is 11.3 Å². The molecule has 5 rings (SSSR count). The second kappa shape index (κ2) is 10.4. The molecule has 1 N–H and O–H groups in total. The van der Waals surface area contributed by atoms with Crippen molar-refractivity contribution in [1.29, 1.82) is 0 Å². The lowest BCUT2D eigenvalue weighted by atomic mass is 9.94. The van der Waals surface area contributed by atoms with Crippen molar-refractivity contribution in [1.82, 2.24) is 10.2 Å². The van der Waals surface area contributed by atoms with Gasteiger partial charge in [0.25, 0.3) is 5.91 Å². The van der Waals surface area contributed by atoms with Gasteiger partial charge in [0, 0.05) is 12.6 Å². The first-order valence-electron chi connectivity index (χ1n) is 12.6. The lowest BCUT2D eigenvalue weighted by Gasteiger charge is -2.33. The standard InChI is InChI=1S/C30H30FN3O2/c1-20-11-15-22(16-12-20)27-28(29(35)32-24-7-3-2-4-8-24)34(19-21-13-17-23(31)18-14-21)30(36)25-9-5-6-10-26(25)33-27/h5-6,9-18,24,28H,2-4,7-8,19H2,1H3,(H,32,35). The summed E-state index contributed by atoms with van der Waals surface area (Å²) < 4.78 is 13.6. The van der Waals surface area contributed by atoms with Crippen LogP contribution in [0.4, 0.5) is 10.1 Å². The predicted molar refractivity (Wildman–Crippen MR) is 139 cm³/mol. The van der Waals surface area contributed by atoms with Crippen molar-refractivity contribution in [2.75, 3.05) is 0 Å². The zero-order valence-corrected chi connectivity index (χ0v) is 20.4. The Morgan fingerprint density at radius 1 is 0.972 bits per heavy atom. The molecule has 0 saturated heterocycles. The van der Waals surface area contributed by atoms with Gasteiger partial charge in [-0.3, -0.25) is 9.59 Å². The minimum atomic E-state index is -0.931. The first-order chi connectivity index (χ1) is 17.5. The molecule has 0 spiro atoms. The summed E-state index contributed by atoms with van der Waals surface area (Å²) in [7, 11) is 0. The zero-order chi connectivity index (χ0) is 25.1. The normalized spacial score (nSPS) is 18.3. The van der Waals surface area contributed by atoms with E-state index in [2.05, 4.69) is 5.32 Å². The van der Waals surface area contributed by atoms with Gasteiger partial charge in [0.05, 0.1) is 17.0 Å². The topological polar surface area (TPSA) is 61.8 Å². The van der Waals surface area contributed by atoms with Crippen LogP contribution < -0.4 is 5.32 Å². The molecule has 2 aliphatic rings. The largest absolute Gasteiger partial charge is 0.351 e. The molecule has 3 aromatic carbocycles. The summed E-state index contributed by atoms with van der Waals surface area (Å²) in [6.07, 6.45) is 5.20. The third kappa shape index (κ3) is 5.08. The van der Waals surface area contributed by atoms with E-state index in [9.17, 15) is 14.0 Å². The second-order valence-electron chi connectivity index (χ2n) is 9.69. The number of carbonyl (C=O) groups is 2. The van der Waals surface area contributed by atoms with Crippen molar-refractivity contribution in [3.05, 3.63) is 101 Å². The van der Waals surface area contributed by atoms with Crippen LogP contribution in [0.5, 0.6) is 0 Å². The van der Waals surface area contributed by atoms with Gasteiger partial charge < -0.3 is 10.2 Å². The molecule has 36 heavy (non-hydrogen) atoms. The quantitative estimate of drug-likeness (QED) is 0.504. The Kier molecular flexibility index (Phi) is 6.94. The lowest BCUT2D eigenvalue weighted by Crippen LogP contribution is -2.55. The summed E-state index contributed by atoms with van der Waals surface area (Å²) in [5.74, 6) is -0.853. The fourth-order valence-corrected chi connectivity index (χ4v) is 5.05. The van der Waals surface area contributed by atoms with E-state index in [-0.39, 0.29) is 30.2 Å². The minimum Gasteiger partial charge on any atom is -0.351 e. The molecule has 1 atom stereocenters. The highest BCUT2D eigenvalue weighted by molar-refractivity contribution is 6.21. The number of nitrogens with zero attached hydrogens (tertiary/aromatic N) is 2. The van der Waals surface area contributed by atoms with Gasteiger partial charge in [0.1, 0.15) is 5.82 Å². The van der Waals surface area contributed by atoms with Crippen LogP contribution in [0, 0.1) is 12.7 Å². The molecule has 5 nitrogen and oxygen atoms in total. The Morgan fingerprint density at radius 2 is 1.67 bits per heavy atom. The van der Waals surface area contributed by atoms with Gasteiger partial charge in [-0.1, -0.05) is 73.4 Å². The average Bonchev–Trinajstić information content (AvgIpc) is 3.01. The summed E-state index contributed by atoms with van der Waals surface area (Å²) in [4.78, 5) is 34.4. The smallest absolute Gasteiger partial charge is 0.257 e. The lowest BCUT2D eigenvalue weighted by molar-refractivity contribution is -0.124. The maximum Gasteiger partial charge on any atom is 0.257 e. The molecule has 1 aliphatic carbocycles. The number of para-hydroxylation sites is 1. The van der Waals surface area contributed by atoms with Crippen LogP contribution in [0.2, 0.25) is 0 Å².